The van der Waals surface area contributed by atoms with E-state index in [1.807, 2.05) is 36.4 Å². The number of benzene rings is 2. The summed E-state index contributed by atoms with van der Waals surface area (Å²) in [6.07, 6.45) is 1.58. The van der Waals surface area contributed by atoms with Gasteiger partial charge in [-0.25, -0.2) is 13.1 Å². The molecule has 0 unspecified atom stereocenters. The lowest BCUT2D eigenvalue weighted by molar-refractivity contribution is 0.414. The predicted molar refractivity (Wildman–Crippen MR) is 96.1 cm³/mol. The normalized spacial score (nSPS) is 11.4. The topological polar surface area (TPSA) is 55.4 Å². The summed E-state index contributed by atoms with van der Waals surface area (Å²) >= 11 is 3.33. The molecular formula is C17H20BrNO3S. The fourth-order valence-corrected chi connectivity index (χ4v) is 3.62. The van der Waals surface area contributed by atoms with Gasteiger partial charge in [-0.3, -0.25) is 0 Å². The van der Waals surface area contributed by atoms with Crippen LogP contribution in [0.1, 0.15) is 17.5 Å². The SMILES string of the molecule is COc1ccc(CCCNS(=O)(=O)Cc2ccc(Br)cc2)cc1. The van der Waals surface area contributed by atoms with Crippen LogP contribution in [0.5, 0.6) is 5.75 Å². The minimum absolute atomic E-state index is 0.00279. The minimum atomic E-state index is -3.30. The van der Waals surface area contributed by atoms with E-state index >= 15 is 0 Å². The summed E-state index contributed by atoms with van der Waals surface area (Å²) < 4.78 is 32.8. The highest BCUT2D eigenvalue weighted by atomic mass is 79.9. The smallest absolute Gasteiger partial charge is 0.215 e. The molecule has 0 saturated heterocycles. The van der Waals surface area contributed by atoms with E-state index in [-0.39, 0.29) is 5.75 Å². The van der Waals surface area contributed by atoms with E-state index in [9.17, 15) is 8.42 Å². The second kappa shape index (κ2) is 8.47. The fraction of sp³-hybridized carbons (Fsp3) is 0.294. The average molecular weight is 398 g/mol. The average Bonchev–Trinajstić information content (AvgIpc) is 2.54. The molecule has 2 rings (SSSR count). The van der Waals surface area contributed by atoms with E-state index in [4.69, 9.17) is 4.74 Å². The van der Waals surface area contributed by atoms with Crippen LogP contribution in [0, 0.1) is 0 Å². The van der Waals surface area contributed by atoms with Crippen LogP contribution < -0.4 is 9.46 Å². The molecule has 0 aliphatic heterocycles. The molecule has 4 nitrogen and oxygen atoms in total. The Hall–Kier alpha value is -1.37. The summed E-state index contributed by atoms with van der Waals surface area (Å²) in [6.45, 7) is 0.435. The third kappa shape index (κ3) is 6.33. The fourth-order valence-electron chi connectivity index (χ4n) is 2.16. The van der Waals surface area contributed by atoms with Gasteiger partial charge in [0.05, 0.1) is 12.9 Å². The first-order valence-corrected chi connectivity index (χ1v) is 9.78. The number of methoxy groups -OCH3 is 1. The molecular weight excluding hydrogens is 378 g/mol. The van der Waals surface area contributed by atoms with Gasteiger partial charge in [0.2, 0.25) is 10.0 Å². The van der Waals surface area contributed by atoms with Crippen molar-refractivity contribution in [3.63, 3.8) is 0 Å². The molecule has 0 amide bonds. The molecule has 124 valence electrons. The Bertz CT molecular complexity index is 713. The quantitative estimate of drug-likeness (QED) is 0.693. The standard InChI is InChI=1S/C17H20BrNO3S/c1-22-17-10-6-14(7-11-17)3-2-12-19-23(20,21)13-15-4-8-16(18)9-5-15/h4-11,19H,2-3,12-13H2,1H3. The molecule has 0 aromatic heterocycles. The Balaban J connectivity index is 1.76. The first kappa shape index (κ1) is 18.0. The zero-order valence-corrected chi connectivity index (χ0v) is 15.4. The first-order valence-electron chi connectivity index (χ1n) is 7.33. The summed E-state index contributed by atoms with van der Waals surface area (Å²) in [5.41, 5.74) is 1.94. The molecule has 0 fully saturated rings. The maximum Gasteiger partial charge on any atom is 0.215 e. The van der Waals surface area contributed by atoms with E-state index in [2.05, 4.69) is 20.7 Å². The Morgan fingerprint density at radius 3 is 2.22 bits per heavy atom. The number of nitrogens with one attached hydrogen (secondary N) is 1. The Labute approximate surface area is 146 Å². The van der Waals surface area contributed by atoms with Crippen molar-refractivity contribution in [1.82, 2.24) is 4.72 Å². The van der Waals surface area contributed by atoms with Crippen molar-refractivity contribution in [3.8, 4) is 5.75 Å². The lowest BCUT2D eigenvalue weighted by Crippen LogP contribution is -2.26. The number of sulfonamides is 1. The van der Waals surface area contributed by atoms with Gasteiger partial charge in [-0.1, -0.05) is 40.2 Å². The van der Waals surface area contributed by atoms with Crippen molar-refractivity contribution < 1.29 is 13.2 Å². The van der Waals surface area contributed by atoms with Gasteiger partial charge in [0.1, 0.15) is 5.75 Å². The van der Waals surface area contributed by atoms with E-state index in [0.29, 0.717) is 6.54 Å². The van der Waals surface area contributed by atoms with E-state index in [1.165, 1.54) is 0 Å². The second-order valence-corrected chi connectivity index (χ2v) is 7.95. The molecule has 1 N–H and O–H groups in total. The number of hydrogen-bond donors (Lipinski definition) is 1. The summed E-state index contributed by atoms with van der Waals surface area (Å²) in [7, 11) is -1.66. The molecule has 0 spiro atoms. The van der Waals surface area contributed by atoms with Gasteiger partial charge < -0.3 is 4.74 Å². The zero-order valence-electron chi connectivity index (χ0n) is 13.0. The molecule has 0 radical (unpaired) electrons. The highest BCUT2D eigenvalue weighted by molar-refractivity contribution is 9.10. The van der Waals surface area contributed by atoms with Crippen LogP contribution in [0.25, 0.3) is 0 Å². The second-order valence-electron chi connectivity index (χ2n) is 5.23. The molecule has 0 aliphatic carbocycles. The highest BCUT2D eigenvalue weighted by Crippen LogP contribution is 2.13. The van der Waals surface area contributed by atoms with Crippen molar-refractivity contribution in [3.05, 3.63) is 64.1 Å². The Morgan fingerprint density at radius 2 is 1.61 bits per heavy atom. The third-order valence-corrected chi connectivity index (χ3v) is 5.28. The first-order chi connectivity index (χ1) is 11.0. The van der Waals surface area contributed by atoms with E-state index in [0.717, 1.165) is 34.2 Å². The van der Waals surface area contributed by atoms with Crippen LogP contribution in [-0.2, 0) is 22.2 Å². The summed E-state index contributed by atoms with van der Waals surface area (Å²) in [5, 5.41) is 0. The number of aryl methyl sites for hydroxylation is 1. The number of ether oxygens (including phenoxy) is 1. The van der Waals surface area contributed by atoms with Crippen LogP contribution in [0.4, 0.5) is 0 Å². The van der Waals surface area contributed by atoms with Crippen molar-refractivity contribution in [2.75, 3.05) is 13.7 Å². The van der Waals surface area contributed by atoms with Crippen LogP contribution >= 0.6 is 15.9 Å². The van der Waals surface area contributed by atoms with Crippen LogP contribution in [0.15, 0.2) is 53.0 Å². The maximum atomic E-state index is 12.0. The van der Waals surface area contributed by atoms with Crippen LogP contribution in [0.3, 0.4) is 0 Å². The van der Waals surface area contributed by atoms with E-state index < -0.39 is 10.0 Å². The monoisotopic (exact) mass is 397 g/mol. The number of hydrogen-bond acceptors (Lipinski definition) is 3. The largest absolute Gasteiger partial charge is 0.497 e. The van der Waals surface area contributed by atoms with Gasteiger partial charge in [0, 0.05) is 11.0 Å². The van der Waals surface area contributed by atoms with Crippen LogP contribution in [-0.4, -0.2) is 22.1 Å². The maximum absolute atomic E-state index is 12.0. The molecule has 0 bridgehead atoms. The van der Waals surface area contributed by atoms with Gasteiger partial charge in [-0.05, 0) is 48.2 Å². The van der Waals surface area contributed by atoms with Gasteiger partial charge in [0.15, 0.2) is 0 Å². The minimum Gasteiger partial charge on any atom is -0.497 e. The van der Waals surface area contributed by atoms with Crippen molar-refractivity contribution >= 4 is 26.0 Å². The lowest BCUT2D eigenvalue weighted by atomic mass is 10.1. The van der Waals surface area contributed by atoms with Gasteiger partial charge in [-0.15, -0.1) is 0 Å². The molecule has 2 aromatic carbocycles. The summed E-state index contributed by atoms with van der Waals surface area (Å²) in [5.74, 6) is 0.826. The summed E-state index contributed by atoms with van der Waals surface area (Å²) in [4.78, 5) is 0. The van der Waals surface area contributed by atoms with Crippen LogP contribution in [0.2, 0.25) is 0 Å². The number of halogens is 1. The van der Waals surface area contributed by atoms with Crippen molar-refractivity contribution in [1.29, 1.82) is 0 Å². The van der Waals surface area contributed by atoms with Gasteiger partial charge >= 0.3 is 0 Å². The molecule has 23 heavy (non-hydrogen) atoms. The molecule has 0 atom stereocenters. The van der Waals surface area contributed by atoms with Gasteiger partial charge in [-0.2, -0.15) is 0 Å². The van der Waals surface area contributed by atoms with Gasteiger partial charge in [0.25, 0.3) is 0 Å². The number of rotatable bonds is 8. The molecule has 0 heterocycles. The zero-order chi connectivity index (χ0) is 16.7. The van der Waals surface area contributed by atoms with Crippen molar-refractivity contribution in [2.24, 2.45) is 0 Å². The predicted octanol–water partition coefficient (Wildman–Crippen LogP) is 3.51. The molecule has 0 saturated carbocycles. The molecule has 2 aromatic rings. The third-order valence-electron chi connectivity index (χ3n) is 3.39. The summed E-state index contributed by atoms with van der Waals surface area (Å²) in [6, 6.07) is 15.1. The van der Waals surface area contributed by atoms with Crippen molar-refractivity contribution in [2.45, 2.75) is 18.6 Å². The molecule has 0 aliphatic rings. The molecule has 6 heteroatoms. The Morgan fingerprint density at radius 1 is 1.00 bits per heavy atom. The lowest BCUT2D eigenvalue weighted by Gasteiger charge is -2.07. The highest BCUT2D eigenvalue weighted by Gasteiger charge is 2.10. The Kier molecular flexibility index (Phi) is 6.62. The van der Waals surface area contributed by atoms with E-state index in [1.54, 1.807) is 19.2 Å².